The van der Waals surface area contributed by atoms with Crippen molar-refractivity contribution in [3.05, 3.63) is 65.5 Å². The molecular formula is C22H25N3O3. The van der Waals surface area contributed by atoms with E-state index in [1.54, 1.807) is 4.68 Å². The van der Waals surface area contributed by atoms with Crippen molar-refractivity contribution in [1.29, 1.82) is 0 Å². The van der Waals surface area contributed by atoms with Crippen LogP contribution in [0.2, 0.25) is 0 Å². The van der Waals surface area contributed by atoms with Gasteiger partial charge >= 0.3 is 0 Å². The van der Waals surface area contributed by atoms with Gasteiger partial charge in [-0.05, 0) is 57.2 Å². The normalized spacial score (nSPS) is 10.6. The molecule has 1 amide bonds. The van der Waals surface area contributed by atoms with Crippen LogP contribution in [-0.2, 0) is 18.3 Å². The minimum atomic E-state index is -0.109. The Morgan fingerprint density at radius 2 is 1.75 bits per heavy atom. The van der Waals surface area contributed by atoms with Crippen LogP contribution >= 0.6 is 0 Å². The number of hydrogen-bond donors (Lipinski definition) is 1. The van der Waals surface area contributed by atoms with Crippen LogP contribution in [-0.4, -0.2) is 22.3 Å². The van der Waals surface area contributed by atoms with Gasteiger partial charge in [-0.15, -0.1) is 0 Å². The fraction of sp³-hybridized carbons (Fsp3) is 0.273. The van der Waals surface area contributed by atoms with Crippen LogP contribution in [0.4, 0.5) is 5.69 Å². The first-order chi connectivity index (χ1) is 13.5. The first kappa shape index (κ1) is 19.5. The van der Waals surface area contributed by atoms with Crippen molar-refractivity contribution in [1.82, 2.24) is 9.78 Å². The number of rotatable bonds is 7. The summed E-state index contributed by atoms with van der Waals surface area (Å²) in [7, 11) is 1.88. The van der Waals surface area contributed by atoms with Crippen LogP contribution in [0.3, 0.4) is 0 Å². The molecule has 0 radical (unpaired) electrons. The molecule has 6 heteroatoms. The molecule has 28 heavy (non-hydrogen) atoms. The van der Waals surface area contributed by atoms with E-state index in [0.717, 1.165) is 22.7 Å². The number of amides is 1. The van der Waals surface area contributed by atoms with E-state index >= 15 is 0 Å². The molecule has 146 valence electrons. The molecular weight excluding hydrogens is 354 g/mol. The average Bonchev–Trinajstić information content (AvgIpc) is 2.91. The highest BCUT2D eigenvalue weighted by molar-refractivity contribution is 5.94. The van der Waals surface area contributed by atoms with E-state index < -0.39 is 0 Å². The Kier molecular flexibility index (Phi) is 5.99. The zero-order valence-corrected chi connectivity index (χ0v) is 16.7. The minimum Gasteiger partial charge on any atom is -0.494 e. The largest absolute Gasteiger partial charge is 0.494 e. The number of nitrogens with one attached hydrogen (secondary N) is 1. The molecule has 0 aliphatic heterocycles. The highest BCUT2D eigenvalue weighted by atomic mass is 16.5. The van der Waals surface area contributed by atoms with Crippen LogP contribution in [0, 0.1) is 13.8 Å². The molecule has 0 bridgehead atoms. The van der Waals surface area contributed by atoms with E-state index in [1.807, 2.05) is 76.3 Å². The Morgan fingerprint density at radius 3 is 2.39 bits per heavy atom. The molecule has 0 atom stereocenters. The maximum Gasteiger partial charge on any atom is 0.229 e. The molecule has 6 nitrogen and oxygen atoms in total. The summed E-state index contributed by atoms with van der Waals surface area (Å²) in [6.07, 6.45) is 0.267. The molecule has 0 saturated heterocycles. The van der Waals surface area contributed by atoms with Crippen LogP contribution in [0.5, 0.6) is 17.2 Å². The SMILES string of the molecule is CCOc1ccc(Oc2ccccc2NC(=O)Cc2c(C)nn(C)c2C)cc1. The molecule has 0 spiro atoms. The molecule has 0 aliphatic rings. The van der Waals surface area contributed by atoms with E-state index in [9.17, 15) is 4.79 Å². The number of carbonyl (C=O) groups excluding carboxylic acids is 1. The Morgan fingerprint density at radius 1 is 1.07 bits per heavy atom. The van der Waals surface area contributed by atoms with Gasteiger partial charge in [0.2, 0.25) is 5.91 Å². The summed E-state index contributed by atoms with van der Waals surface area (Å²) in [5, 5.41) is 7.32. The van der Waals surface area contributed by atoms with Gasteiger partial charge in [-0.25, -0.2) is 0 Å². The van der Waals surface area contributed by atoms with E-state index in [2.05, 4.69) is 10.4 Å². The summed E-state index contributed by atoms with van der Waals surface area (Å²) in [5.41, 5.74) is 3.44. The summed E-state index contributed by atoms with van der Waals surface area (Å²) in [6.45, 7) is 6.44. The third-order valence-corrected chi connectivity index (χ3v) is 4.52. The Balaban J connectivity index is 1.72. The van der Waals surface area contributed by atoms with E-state index in [4.69, 9.17) is 9.47 Å². The summed E-state index contributed by atoms with van der Waals surface area (Å²) in [4.78, 5) is 12.6. The summed E-state index contributed by atoms with van der Waals surface area (Å²) >= 11 is 0. The van der Waals surface area contributed by atoms with Gasteiger partial charge in [0.05, 0.1) is 24.4 Å². The number of carbonyl (C=O) groups is 1. The topological polar surface area (TPSA) is 65.4 Å². The summed E-state index contributed by atoms with van der Waals surface area (Å²) in [6, 6.07) is 14.8. The van der Waals surface area contributed by atoms with Crippen LogP contribution < -0.4 is 14.8 Å². The van der Waals surface area contributed by atoms with Gasteiger partial charge in [0.1, 0.15) is 11.5 Å². The smallest absolute Gasteiger partial charge is 0.229 e. The second-order valence-corrected chi connectivity index (χ2v) is 6.50. The van der Waals surface area contributed by atoms with Crippen molar-refractivity contribution in [2.45, 2.75) is 27.2 Å². The monoisotopic (exact) mass is 379 g/mol. The predicted octanol–water partition coefficient (Wildman–Crippen LogP) is 4.41. The molecule has 3 aromatic rings. The summed E-state index contributed by atoms with van der Waals surface area (Å²) < 4.78 is 13.2. The van der Waals surface area contributed by atoms with E-state index in [0.29, 0.717) is 23.8 Å². The lowest BCUT2D eigenvalue weighted by atomic mass is 10.1. The number of benzene rings is 2. The number of ether oxygens (including phenoxy) is 2. The zero-order valence-electron chi connectivity index (χ0n) is 16.7. The fourth-order valence-corrected chi connectivity index (χ4v) is 2.98. The number of aromatic nitrogens is 2. The van der Waals surface area contributed by atoms with Gasteiger partial charge in [-0.3, -0.25) is 9.48 Å². The van der Waals surface area contributed by atoms with Gasteiger partial charge in [-0.2, -0.15) is 5.10 Å². The first-order valence-corrected chi connectivity index (χ1v) is 9.26. The Hall–Kier alpha value is -3.28. The molecule has 1 N–H and O–H groups in total. The standard InChI is InChI=1S/C22H25N3O3/c1-5-27-17-10-12-18(13-11-17)28-21-9-7-6-8-20(21)23-22(26)14-19-15(2)24-25(4)16(19)3/h6-13H,5,14H2,1-4H3,(H,23,26). The lowest BCUT2D eigenvalue weighted by molar-refractivity contribution is -0.115. The molecule has 3 rings (SSSR count). The van der Waals surface area contributed by atoms with Crippen molar-refractivity contribution in [3.63, 3.8) is 0 Å². The highest BCUT2D eigenvalue weighted by Crippen LogP contribution is 2.30. The molecule has 0 saturated carbocycles. The highest BCUT2D eigenvalue weighted by Gasteiger charge is 2.15. The van der Waals surface area contributed by atoms with Crippen LogP contribution in [0.25, 0.3) is 0 Å². The van der Waals surface area contributed by atoms with Gasteiger partial charge in [-0.1, -0.05) is 12.1 Å². The van der Waals surface area contributed by atoms with Crippen molar-refractivity contribution >= 4 is 11.6 Å². The van der Waals surface area contributed by atoms with Crippen molar-refractivity contribution in [2.24, 2.45) is 7.05 Å². The number of anilines is 1. The lowest BCUT2D eigenvalue weighted by Gasteiger charge is -2.13. The molecule has 1 heterocycles. The number of para-hydroxylation sites is 2. The van der Waals surface area contributed by atoms with Gasteiger partial charge in [0.25, 0.3) is 0 Å². The minimum absolute atomic E-state index is 0.109. The van der Waals surface area contributed by atoms with Gasteiger partial charge in [0.15, 0.2) is 5.75 Å². The Bertz CT molecular complexity index is 962. The zero-order chi connectivity index (χ0) is 20.1. The van der Waals surface area contributed by atoms with E-state index in [-0.39, 0.29) is 12.3 Å². The third-order valence-electron chi connectivity index (χ3n) is 4.52. The van der Waals surface area contributed by atoms with Crippen LogP contribution in [0.15, 0.2) is 48.5 Å². The number of nitrogens with zero attached hydrogens (tertiary/aromatic N) is 2. The molecule has 0 fully saturated rings. The number of hydrogen-bond acceptors (Lipinski definition) is 4. The second kappa shape index (κ2) is 8.61. The fourth-order valence-electron chi connectivity index (χ4n) is 2.98. The van der Waals surface area contributed by atoms with Gasteiger partial charge < -0.3 is 14.8 Å². The van der Waals surface area contributed by atoms with Crippen molar-refractivity contribution < 1.29 is 14.3 Å². The maximum absolute atomic E-state index is 12.6. The second-order valence-electron chi connectivity index (χ2n) is 6.50. The Labute approximate surface area is 165 Å². The lowest BCUT2D eigenvalue weighted by Crippen LogP contribution is -2.15. The number of aryl methyl sites for hydroxylation is 2. The first-order valence-electron chi connectivity index (χ1n) is 9.26. The quantitative estimate of drug-likeness (QED) is 0.660. The van der Waals surface area contributed by atoms with Crippen LogP contribution in [0.1, 0.15) is 23.9 Å². The van der Waals surface area contributed by atoms with Crippen molar-refractivity contribution in [2.75, 3.05) is 11.9 Å². The van der Waals surface area contributed by atoms with Crippen molar-refractivity contribution in [3.8, 4) is 17.2 Å². The summed E-state index contributed by atoms with van der Waals surface area (Å²) in [5.74, 6) is 1.93. The average molecular weight is 379 g/mol. The molecule has 0 unspecified atom stereocenters. The molecule has 0 aliphatic carbocycles. The predicted molar refractivity (Wildman–Crippen MR) is 109 cm³/mol. The maximum atomic E-state index is 12.6. The third kappa shape index (κ3) is 4.52. The molecule has 1 aromatic heterocycles. The molecule has 2 aromatic carbocycles. The van der Waals surface area contributed by atoms with Gasteiger partial charge in [0, 0.05) is 18.3 Å². The van der Waals surface area contributed by atoms with E-state index in [1.165, 1.54) is 0 Å².